The van der Waals surface area contributed by atoms with E-state index in [4.69, 9.17) is 0 Å². The van der Waals surface area contributed by atoms with Crippen molar-refractivity contribution in [2.75, 3.05) is 0 Å². The summed E-state index contributed by atoms with van der Waals surface area (Å²) in [7, 11) is 0. The van der Waals surface area contributed by atoms with Gasteiger partial charge in [0.25, 0.3) is 5.91 Å². The summed E-state index contributed by atoms with van der Waals surface area (Å²) in [4.78, 5) is 32.2. The number of nitrogens with zero attached hydrogens (tertiary/aromatic N) is 5. The highest BCUT2D eigenvalue weighted by molar-refractivity contribution is 7.16. The minimum atomic E-state index is -0.468. The molecule has 4 rings (SSSR count). The summed E-state index contributed by atoms with van der Waals surface area (Å²) in [5, 5.41) is 14.6. The van der Waals surface area contributed by atoms with E-state index >= 15 is 0 Å². The SMILES string of the molecule is O=C(Cn1c(-c2ccccn2)nc2ccccc21)N/N=C/c1ccc([N+](=O)[O-])s1. The van der Waals surface area contributed by atoms with E-state index < -0.39 is 4.92 Å². The molecule has 4 aromatic rings. The molecule has 29 heavy (non-hydrogen) atoms. The fourth-order valence-electron chi connectivity index (χ4n) is 2.78. The molecule has 3 heterocycles. The van der Waals surface area contributed by atoms with Crippen molar-refractivity contribution in [3.8, 4) is 11.5 Å². The van der Waals surface area contributed by atoms with Gasteiger partial charge in [-0.1, -0.05) is 29.5 Å². The van der Waals surface area contributed by atoms with Crippen LogP contribution in [0.2, 0.25) is 0 Å². The Morgan fingerprint density at radius 3 is 2.79 bits per heavy atom. The summed E-state index contributed by atoms with van der Waals surface area (Å²) in [6, 6.07) is 16.0. The molecule has 0 radical (unpaired) electrons. The van der Waals surface area contributed by atoms with Crippen LogP contribution in [0, 0.1) is 10.1 Å². The van der Waals surface area contributed by atoms with Gasteiger partial charge in [0.1, 0.15) is 12.2 Å². The summed E-state index contributed by atoms with van der Waals surface area (Å²) in [6.07, 6.45) is 3.05. The maximum atomic E-state index is 12.4. The number of nitrogens with one attached hydrogen (secondary N) is 1. The van der Waals surface area contributed by atoms with Gasteiger partial charge in [-0.05, 0) is 30.3 Å². The minimum absolute atomic E-state index is 0.00561. The van der Waals surface area contributed by atoms with E-state index in [2.05, 4.69) is 20.5 Å². The predicted molar refractivity (Wildman–Crippen MR) is 110 cm³/mol. The van der Waals surface area contributed by atoms with Crippen molar-refractivity contribution in [1.82, 2.24) is 20.0 Å². The lowest BCUT2D eigenvalue weighted by Crippen LogP contribution is -2.23. The molecule has 10 heteroatoms. The van der Waals surface area contributed by atoms with Gasteiger partial charge >= 0.3 is 5.00 Å². The maximum Gasteiger partial charge on any atom is 0.324 e. The lowest BCUT2D eigenvalue weighted by Gasteiger charge is -2.07. The molecule has 0 spiro atoms. The van der Waals surface area contributed by atoms with E-state index in [-0.39, 0.29) is 17.5 Å². The van der Waals surface area contributed by atoms with Crippen LogP contribution < -0.4 is 5.43 Å². The Bertz CT molecular complexity index is 1220. The summed E-state index contributed by atoms with van der Waals surface area (Å²) >= 11 is 0.976. The first kappa shape index (κ1) is 18.4. The van der Waals surface area contributed by atoms with E-state index in [0.717, 1.165) is 22.4 Å². The van der Waals surface area contributed by atoms with Gasteiger partial charge in [0.05, 0.1) is 27.0 Å². The van der Waals surface area contributed by atoms with Crippen molar-refractivity contribution in [3.05, 3.63) is 75.8 Å². The van der Waals surface area contributed by atoms with Crippen LogP contribution in [0.5, 0.6) is 0 Å². The second-order valence-corrected chi connectivity index (χ2v) is 7.05. The fourth-order valence-corrected chi connectivity index (χ4v) is 3.48. The smallest absolute Gasteiger partial charge is 0.313 e. The molecule has 0 atom stereocenters. The molecular formula is C19H14N6O3S. The number of nitro groups is 1. The first-order valence-electron chi connectivity index (χ1n) is 8.54. The molecule has 0 saturated carbocycles. The van der Waals surface area contributed by atoms with Gasteiger partial charge in [0, 0.05) is 12.3 Å². The number of carbonyl (C=O) groups excluding carboxylic acids is 1. The Morgan fingerprint density at radius 2 is 2.03 bits per heavy atom. The largest absolute Gasteiger partial charge is 0.324 e. The number of hydrogen-bond donors (Lipinski definition) is 1. The Hall–Kier alpha value is -3.92. The summed E-state index contributed by atoms with van der Waals surface area (Å²) in [5.74, 6) is 0.229. The second-order valence-electron chi connectivity index (χ2n) is 5.95. The zero-order chi connectivity index (χ0) is 20.2. The minimum Gasteiger partial charge on any atom is -0.313 e. The third-order valence-electron chi connectivity index (χ3n) is 4.02. The zero-order valence-electron chi connectivity index (χ0n) is 14.9. The van der Waals surface area contributed by atoms with Crippen LogP contribution in [0.25, 0.3) is 22.6 Å². The van der Waals surface area contributed by atoms with Crippen LogP contribution in [0.1, 0.15) is 4.88 Å². The van der Waals surface area contributed by atoms with Gasteiger partial charge < -0.3 is 4.57 Å². The molecule has 1 N–H and O–H groups in total. The number of amides is 1. The highest BCUT2D eigenvalue weighted by atomic mass is 32.1. The van der Waals surface area contributed by atoms with E-state index in [1.165, 1.54) is 12.3 Å². The summed E-state index contributed by atoms with van der Waals surface area (Å²) in [6.45, 7) is -0.00561. The first-order valence-corrected chi connectivity index (χ1v) is 9.36. The average Bonchev–Trinajstić information content (AvgIpc) is 3.34. The lowest BCUT2D eigenvalue weighted by atomic mass is 10.3. The molecule has 0 unspecified atom stereocenters. The number of carbonyl (C=O) groups is 1. The summed E-state index contributed by atoms with van der Waals surface area (Å²) in [5.41, 5.74) is 4.67. The van der Waals surface area contributed by atoms with Gasteiger partial charge in [-0.2, -0.15) is 5.10 Å². The topological polar surface area (TPSA) is 115 Å². The van der Waals surface area contributed by atoms with Crippen LogP contribution in [0.15, 0.2) is 65.9 Å². The number of thiophene rings is 1. The molecule has 0 fully saturated rings. The molecule has 0 aliphatic heterocycles. The quantitative estimate of drug-likeness (QED) is 0.300. The Balaban J connectivity index is 1.54. The van der Waals surface area contributed by atoms with Crippen LogP contribution >= 0.6 is 11.3 Å². The molecule has 1 amide bonds. The number of aromatic nitrogens is 3. The molecule has 0 saturated heterocycles. The standard InChI is InChI=1S/C19H14N6O3S/c26-17(23-21-11-13-8-9-18(29-13)25(27)28)12-24-16-7-2-1-5-14(16)22-19(24)15-6-3-4-10-20-15/h1-11H,12H2,(H,23,26)/b21-11+. The highest BCUT2D eigenvalue weighted by Gasteiger charge is 2.15. The lowest BCUT2D eigenvalue weighted by molar-refractivity contribution is -0.380. The number of hydrogen-bond acceptors (Lipinski definition) is 7. The second kappa shape index (κ2) is 7.98. The highest BCUT2D eigenvalue weighted by Crippen LogP contribution is 2.23. The fraction of sp³-hybridized carbons (Fsp3) is 0.0526. The number of fused-ring (bicyclic) bond motifs is 1. The molecule has 3 aromatic heterocycles. The van der Waals surface area contributed by atoms with Gasteiger partial charge in [0.2, 0.25) is 0 Å². The normalized spacial score (nSPS) is 11.2. The third-order valence-corrected chi connectivity index (χ3v) is 5.00. The number of benzene rings is 1. The van der Waals surface area contributed by atoms with E-state index in [1.54, 1.807) is 16.8 Å². The molecule has 144 valence electrons. The first-order chi connectivity index (χ1) is 14.1. The van der Waals surface area contributed by atoms with Gasteiger partial charge in [-0.15, -0.1) is 0 Å². The number of rotatable bonds is 6. The summed E-state index contributed by atoms with van der Waals surface area (Å²) < 4.78 is 1.78. The van der Waals surface area contributed by atoms with Crippen molar-refractivity contribution in [3.63, 3.8) is 0 Å². The van der Waals surface area contributed by atoms with E-state index in [0.29, 0.717) is 16.4 Å². The number of hydrazone groups is 1. The van der Waals surface area contributed by atoms with Crippen LogP contribution in [0.3, 0.4) is 0 Å². The zero-order valence-corrected chi connectivity index (χ0v) is 15.7. The van der Waals surface area contributed by atoms with Crippen molar-refractivity contribution in [1.29, 1.82) is 0 Å². The average molecular weight is 406 g/mol. The van der Waals surface area contributed by atoms with Crippen molar-refractivity contribution >= 4 is 39.5 Å². The number of imidazole rings is 1. The predicted octanol–water partition coefficient (Wildman–Crippen LogP) is 3.22. The van der Waals surface area contributed by atoms with E-state index in [9.17, 15) is 14.9 Å². The van der Waals surface area contributed by atoms with Crippen LogP contribution in [-0.4, -0.2) is 31.6 Å². The number of pyridine rings is 1. The monoisotopic (exact) mass is 406 g/mol. The Kier molecular flexibility index (Phi) is 5.08. The maximum absolute atomic E-state index is 12.4. The van der Waals surface area contributed by atoms with Gasteiger partial charge in [-0.3, -0.25) is 19.9 Å². The van der Waals surface area contributed by atoms with Crippen LogP contribution in [-0.2, 0) is 11.3 Å². The van der Waals surface area contributed by atoms with Crippen molar-refractivity contribution in [2.24, 2.45) is 5.10 Å². The van der Waals surface area contributed by atoms with Gasteiger partial charge in [-0.25, -0.2) is 10.4 Å². The Morgan fingerprint density at radius 1 is 1.21 bits per heavy atom. The van der Waals surface area contributed by atoms with Gasteiger partial charge in [0.15, 0.2) is 5.82 Å². The third kappa shape index (κ3) is 4.01. The van der Waals surface area contributed by atoms with Crippen molar-refractivity contribution < 1.29 is 9.72 Å². The number of para-hydroxylation sites is 2. The molecule has 0 aliphatic carbocycles. The van der Waals surface area contributed by atoms with E-state index in [1.807, 2.05) is 42.5 Å². The van der Waals surface area contributed by atoms with Crippen LogP contribution in [0.4, 0.5) is 5.00 Å². The molecule has 0 bridgehead atoms. The Labute approximate surface area is 168 Å². The molecule has 1 aromatic carbocycles. The molecule has 9 nitrogen and oxygen atoms in total. The molecule has 0 aliphatic rings. The van der Waals surface area contributed by atoms with Crippen molar-refractivity contribution in [2.45, 2.75) is 6.54 Å². The molecular weight excluding hydrogens is 392 g/mol.